The number of aromatic nitrogens is 5. The molecule has 0 aliphatic rings. The molecule has 0 spiro atoms. The largest absolute Gasteiger partial charge is 0.346 e. The van der Waals surface area contributed by atoms with Gasteiger partial charge in [-0.2, -0.15) is 0 Å². The summed E-state index contributed by atoms with van der Waals surface area (Å²) in [4.78, 5) is 24.0. The van der Waals surface area contributed by atoms with Crippen LogP contribution >= 0.6 is 23.1 Å². The lowest BCUT2D eigenvalue weighted by atomic mass is 10.2. The molecule has 0 aliphatic heterocycles. The highest BCUT2D eigenvalue weighted by Crippen LogP contribution is 2.22. The predicted octanol–water partition coefficient (Wildman–Crippen LogP) is 2.58. The molecule has 0 aliphatic carbocycles. The number of carbonyl (C=O) groups is 1. The van der Waals surface area contributed by atoms with E-state index in [0.717, 1.165) is 18.4 Å². The molecule has 28 heavy (non-hydrogen) atoms. The zero-order valence-electron chi connectivity index (χ0n) is 15.1. The number of amides is 1. The van der Waals surface area contributed by atoms with Crippen LogP contribution in [-0.2, 0) is 18.8 Å². The molecule has 0 atom stereocenters. The van der Waals surface area contributed by atoms with Gasteiger partial charge in [-0.05, 0) is 24.1 Å². The van der Waals surface area contributed by atoms with Gasteiger partial charge in [0.15, 0.2) is 5.16 Å². The fourth-order valence-electron chi connectivity index (χ4n) is 2.32. The van der Waals surface area contributed by atoms with Gasteiger partial charge in [0.2, 0.25) is 5.01 Å². The van der Waals surface area contributed by atoms with Gasteiger partial charge in [0.05, 0.1) is 5.75 Å². The van der Waals surface area contributed by atoms with Gasteiger partial charge < -0.3 is 5.32 Å². The summed E-state index contributed by atoms with van der Waals surface area (Å²) in [6, 6.07) is 5.91. The van der Waals surface area contributed by atoms with Crippen molar-refractivity contribution >= 4 is 29.0 Å². The Morgan fingerprint density at radius 2 is 2.11 bits per heavy atom. The van der Waals surface area contributed by atoms with Gasteiger partial charge in [-0.3, -0.25) is 9.36 Å². The monoisotopic (exact) mass is 422 g/mol. The second-order valence-electron chi connectivity index (χ2n) is 5.92. The minimum absolute atomic E-state index is 0.228. The molecule has 3 rings (SSSR count). The molecule has 1 amide bonds. The summed E-state index contributed by atoms with van der Waals surface area (Å²) >= 11 is 2.56. The quantitative estimate of drug-likeness (QED) is 0.514. The van der Waals surface area contributed by atoms with E-state index in [1.807, 2.05) is 0 Å². The number of benzene rings is 1. The smallest absolute Gasteiger partial charge is 0.343 e. The minimum atomic E-state index is -0.335. The molecule has 0 unspecified atom stereocenters. The van der Waals surface area contributed by atoms with Gasteiger partial charge in [-0.1, -0.05) is 48.6 Å². The molecule has 0 radical (unpaired) electrons. The fraction of sp³-hybridized carbons (Fsp3) is 0.353. The van der Waals surface area contributed by atoms with Crippen molar-refractivity contribution in [2.45, 2.75) is 43.8 Å². The number of hydrogen-bond acceptors (Lipinski definition) is 7. The second-order valence-corrected chi connectivity index (χ2v) is 7.92. The van der Waals surface area contributed by atoms with Crippen LogP contribution in [0.1, 0.15) is 40.1 Å². The molecule has 8 nitrogen and oxygen atoms in total. The average molecular weight is 423 g/mol. The average Bonchev–Trinajstić information content (AvgIpc) is 3.31. The lowest BCUT2D eigenvalue weighted by Crippen LogP contribution is -2.22. The first kappa shape index (κ1) is 20.2. The standard InChI is InChI=1S/C17H19FN6O2S2/c1-2-3-8-24-16(26)22-23-17(24)27-10-13-20-21-15(28-13)14(25)19-9-11-4-6-12(18)7-5-11/h4-7H,2-3,8-10H2,1H3,(H,19,25)(H,22,26). The van der Waals surface area contributed by atoms with E-state index in [-0.39, 0.29) is 29.0 Å². The summed E-state index contributed by atoms with van der Waals surface area (Å²) in [6.07, 6.45) is 1.87. The number of nitrogens with zero attached hydrogens (tertiary/aromatic N) is 4. The van der Waals surface area contributed by atoms with Gasteiger partial charge in [0.25, 0.3) is 5.91 Å². The molecule has 1 aromatic carbocycles. The maximum absolute atomic E-state index is 12.9. The highest BCUT2D eigenvalue weighted by atomic mass is 32.2. The Morgan fingerprint density at radius 1 is 1.32 bits per heavy atom. The summed E-state index contributed by atoms with van der Waals surface area (Å²) < 4.78 is 14.5. The zero-order valence-corrected chi connectivity index (χ0v) is 16.8. The molecule has 148 valence electrons. The summed E-state index contributed by atoms with van der Waals surface area (Å²) in [5.41, 5.74) is 0.563. The number of aromatic amines is 1. The van der Waals surface area contributed by atoms with Crippen molar-refractivity contribution in [1.82, 2.24) is 30.3 Å². The van der Waals surface area contributed by atoms with Crippen molar-refractivity contribution in [2.75, 3.05) is 0 Å². The summed E-state index contributed by atoms with van der Waals surface area (Å²) in [5.74, 6) is -0.199. The first-order chi connectivity index (χ1) is 13.6. The lowest BCUT2D eigenvalue weighted by Gasteiger charge is -2.03. The maximum atomic E-state index is 12.9. The molecule has 3 aromatic rings. The number of halogens is 1. The van der Waals surface area contributed by atoms with Crippen molar-refractivity contribution in [1.29, 1.82) is 0 Å². The van der Waals surface area contributed by atoms with E-state index in [1.54, 1.807) is 16.7 Å². The third kappa shape index (κ3) is 5.26. The predicted molar refractivity (Wildman–Crippen MR) is 105 cm³/mol. The Labute approximate surface area is 168 Å². The Balaban J connectivity index is 1.54. The van der Waals surface area contributed by atoms with Gasteiger partial charge in [0.1, 0.15) is 10.8 Å². The third-order valence-electron chi connectivity index (χ3n) is 3.81. The van der Waals surface area contributed by atoms with E-state index in [9.17, 15) is 14.0 Å². The van der Waals surface area contributed by atoms with Crippen molar-refractivity contribution in [3.05, 3.63) is 56.1 Å². The van der Waals surface area contributed by atoms with Crippen LogP contribution in [0, 0.1) is 5.82 Å². The molecule has 0 fully saturated rings. The number of rotatable bonds is 9. The third-order valence-corrected chi connectivity index (χ3v) is 5.90. The first-order valence-corrected chi connectivity index (χ1v) is 10.5. The van der Waals surface area contributed by atoms with E-state index < -0.39 is 0 Å². The molecule has 11 heteroatoms. The molecule has 0 bridgehead atoms. The van der Waals surface area contributed by atoms with E-state index in [0.29, 0.717) is 22.5 Å². The van der Waals surface area contributed by atoms with E-state index in [1.165, 1.54) is 35.2 Å². The Kier molecular flexibility index (Phi) is 6.93. The second kappa shape index (κ2) is 9.60. The Morgan fingerprint density at radius 3 is 2.86 bits per heavy atom. The van der Waals surface area contributed by atoms with Crippen LogP contribution in [0.15, 0.2) is 34.2 Å². The fourth-order valence-corrected chi connectivity index (χ4v) is 4.03. The highest BCUT2D eigenvalue weighted by Gasteiger charge is 2.15. The molecular weight excluding hydrogens is 403 g/mol. The van der Waals surface area contributed by atoms with Crippen LogP contribution in [0.2, 0.25) is 0 Å². The molecular formula is C17H19FN6O2S2. The SMILES string of the molecule is CCCCn1c(SCc2nnc(C(=O)NCc3ccc(F)cc3)s2)n[nH]c1=O. The molecule has 2 N–H and O–H groups in total. The molecule has 2 heterocycles. The number of unbranched alkanes of at least 4 members (excludes halogenated alkanes) is 1. The summed E-state index contributed by atoms with van der Waals surface area (Å²) in [7, 11) is 0. The number of H-pyrrole nitrogens is 1. The Hall–Kier alpha value is -2.53. The van der Waals surface area contributed by atoms with Crippen LogP contribution in [0.3, 0.4) is 0 Å². The Bertz CT molecular complexity index is 982. The number of hydrogen-bond donors (Lipinski definition) is 2. The molecule has 0 saturated carbocycles. The number of nitrogens with one attached hydrogen (secondary N) is 2. The molecule has 0 saturated heterocycles. The van der Waals surface area contributed by atoms with E-state index >= 15 is 0 Å². The van der Waals surface area contributed by atoms with Crippen LogP contribution in [0.4, 0.5) is 4.39 Å². The molecule has 2 aromatic heterocycles. The van der Waals surface area contributed by atoms with E-state index in [2.05, 4.69) is 32.6 Å². The van der Waals surface area contributed by atoms with E-state index in [4.69, 9.17) is 0 Å². The minimum Gasteiger partial charge on any atom is -0.346 e. The topological polar surface area (TPSA) is 106 Å². The van der Waals surface area contributed by atoms with Gasteiger partial charge in [-0.25, -0.2) is 14.3 Å². The van der Waals surface area contributed by atoms with Crippen molar-refractivity contribution in [3.63, 3.8) is 0 Å². The van der Waals surface area contributed by atoms with Crippen LogP contribution < -0.4 is 11.0 Å². The summed E-state index contributed by atoms with van der Waals surface area (Å²) in [6.45, 7) is 2.95. The highest BCUT2D eigenvalue weighted by molar-refractivity contribution is 7.98. The maximum Gasteiger partial charge on any atom is 0.343 e. The number of thioether (sulfide) groups is 1. The normalized spacial score (nSPS) is 10.9. The summed E-state index contributed by atoms with van der Waals surface area (Å²) in [5, 5.41) is 18.7. The van der Waals surface area contributed by atoms with Gasteiger partial charge in [0, 0.05) is 13.1 Å². The van der Waals surface area contributed by atoms with Crippen LogP contribution in [0.5, 0.6) is 0 Å². The lowest BCUT2D eigenvalue weighted by molar-refractivity contribution is 0.0950. The first-order valence-electron chi connectivity index (χ1n) is 8.70. The van der Waals surface area contributed by atoms with Gasteiger partial charge in [-0.15, -0.1) is 15.3 Å². The van der Waals surface area contributed by atoms with Crippen molar-refractivity contribution < 1.29 is 9.18 Å². The van der Waals surface area contributed by atoms with Crippen molar-refractivity contribution in [2.24, 2.45) is 0 Å². The zero-order chi connectivity index (χ0) is 19.9. The van der Waals surface area contributed by atoms with Crippen LogP contribution in [0.25, 0.3) is 0 Å². The van der Waals surface area contributed by atoms with Gasteiger partial charge >= 0.3 is 5.69 Å². The number of carbonyl (C=O) groups excluding carboxylic acids is 1. The van der Waals surface area contributed by atoms with Crippen molar-refractivity contribution in [3.8, 4) is 0 Å². The van der Waals surface area contributed by atoms with Crippen LogP contribution in [-0.4, -0.2) is 30.9 Å².